The number of halogens is 2. The summed E-state index contributed by atoms with van der Waals surface area (Å²) in [6, 6.07) is 7.47. The number of ether oxygens (including phenoxy) is 2. The molecule has 2 aliphatic heterocycles. The second-order valence-corrected chi connectivity index (χ2v) is 7.73. The summed E-state index contributed by atoms with van der Waals surface area (Å²) in [7, 11) is 0. The topological polar surface area (TPSA) is 107 Å². The first-order valence-electron chi connectivity index (χ1n) is 9.93. The van der Waals surface area contributed by atoms with E-state index in [0.717, 1.165) is 17.5 Å². The van der Waals surface area contributed by atoms with Gasteiger partial charge < -0.3 is 14.8 Å². The molecule has 2 aromatic heterocycles. The SMILES string of the molecule is N#CCNc1nc(Cl)c(C#N)c2c1CCN(Cc1ccc(O[C@@H]3CCOC3)nc1F)C2. The van der Waals surface area contributed by atoms with Crippen molar-refractivity contribution in [2.45, 2.75) is 32.0 Å². The normalized spacial score (nSPS) is 18.1. The molecule has 0 radical (unpaired) electrons. The fourth-order valence-corrected chi connectivity index (χ4v) is 4.06. The highest BCUT2D eigenvalue weighted by Gasteiger charge is 2.26. The highest BCUT2D eigenvalue weighted by Crippen LogP contribution is 2.32. The van der Waals surface area contributed by atoms with Crippen molar-refractivity contribution in [3.8, 4) is 18.0 Å². The zero-order valence-corrected chi connectivity index (χ0v) is 17.5. The Morgan fingerprint density at radius 3 is 2.90 bits per heavy atom. The van der Waals surface area contributed by atoms with Gasteiger partial charge in [0.1, 0.15) is 29.7 Å². The van der Waals surface area contributed by atoms with Gasteiger partial charge in [-0.1, -0.05) is 11.6 Å². The summed E-state index contributed by atoms with van der Waals surface area (Å²) < 4.78 is 25.5. The highest BCUT2D eigenvalue weighted by molar-refractivity contribution is 6.30. The molecule has 0 amide bonds. The maximum Gasteiger partial charge on any atom is 0.220 e. The standard InChI is InChI=1S/C21H20ClFN6O2/c22-19-16(9-25)17-11-29(7-3-15(17)21(28-19)26-6-5-24)10-13-1-2-18(27-20(13)23)31-14-4-8-30-12-14/h1-2,14H,3-4,6-8,10-12H2,(H,26,28)/t14-/m1/s1. The van der Waals surface area contributed by atoms with Gasteiger partial charge >= 0.3 is 0 Å². The van der Waals surface area contributed by atoms with Crippen LogP contribution in [0.25, 0.3) is 0 Å². The van der Waals surface area contributed by atoms with E-state index in [-0.39, 0.29) is 23.7 Å². The van der Waals surface area contributed by atoms with E-state index >= 15 is 0 Å². The van der Waals surface area contributed by atoms with Crippen LogP contribution >= 0.6 is 11.6 Å². The first-order valence-corrected chi connectivity index (χ1v) is 10.3. The Balaban J connectivity index is 1.50. The Morgan fingerprint density at radius 1 is 1.32 bits per heavy atom. The Kier molecular flexibility index (Phi) is 6.47. The van der Waals surface area contributed by atoms with Gasteiger partial charge in [-0.05, 0) is 18.1 Å². The van der Waals surface area contributed by atoms with Crippen molar-refractivity contribution < 1.29 is 13.9 Å². The van der Waals surface area contributed by atoms with Crippen LogP contribution in [0.1, 0.15) is 28.7 Å². The largest absolute Gasteiger partial charge is 0.472 e. The van der Waals surface area contributed by atoms with Crippen LogP contribution in [0.15, 0.2) is 12.1 Å². The van der Waals surface area contributed by atoms with Gasteiger partial charge in [0.05, 0.1) is 24.8 Å². The minimum atomic E-state index is -0.577. The average Bonchev–Trinajstić information content (AvgIpc) is 3.27. The van der Waals surface area contributed by atoms with E-state index < -0.39 is 5.95 Å². The quantitative estimate of drug-likeness (QED) is 0.537. The second-order valence-electron chi connectivity index (χ2n) is 7.37. The van der Waals surface area contributed by atoms with Crippen LogP contribution < -0.4 is 10.1 Å². The van der Waals surface area contributed by atoms with Gasteiger partial charge in [-0.15, -0.1) is 0 Å². The van der Waals surface area contributed by atoms with Crippen LogP contribution in [0.3, 0.4) is 0 Å². The van der Waals surface area contributed by atoms with Gasteiger partial charge in [-0.25, -0.2) is 4.98 Å². The van der Waals surface area contributed by atoms with Crippen molar-refractivity contribution >= 4 is 17.4 Å². The Bertz CT molecular complexity index is 1060. The predicted molar refractivity (Wildman–Crippen MR) is 110 cm³/mol. The number of fused-ring (bicyclic) bond motifs is 1. The molecular formula is C21H20ClFN6O2. The van der Waals surface area contributed by atoms with Gasteiger partial charge in [0.15, 0.2) is 0 Å². The molecule has 0 saturated carbocycles. The lowest BCUT2D eigenvalue weighted by molar-refractivity contribution is 0.137. The molecule has 0 aromatic carbocycles. The molecular weight excluding hydrogens is 423 g/mol. The average molecular weight is 443 g/mol. The van der Waals surface area contributed by atoms with Gasteiger partial charge in [0.2, 0.25) is 11.8 Å². The third kappa shape index (κ3) is 4.70. The van der Waals surface area contributed by atoms with Crippen molar-refractivity contribution in [3.63, 3.8) is 0 Å². The maximum atomic E-state index is 14.6. The Labute approximate surface area is 184 Å². The number of nitrogens with zero attached hydrogens (tertiary/aromatic N) is 5. The number of nitrogens with one attached hydrogen (secondary N) is 1. The molecule has 0 bridgehead atoms. The number of anilines is 1. The minimum absolute atomic E-state index is 0.0870. The fourth-order valence-electron chi connectivity index (χ4n) is 3.82. The molecule has 1 fully saturated rings. The van der Waals surface area contributed by atoms with Crippen molar-refractivity contribution in [1.29, 1.82) is 10.5 Å². The summed E-state index contributed by atoms with van der Waals surface area (Å²) in [5, 5.41) is 21.4. The number of rotatable bonds is 6. The zero-order chi connectivity index (χ0) is 21.8. The van der Waals surface area contributed by atoms with E-state index in [1.54, 1.807) is 12.1 Å². The lowest BCUT2D eigenvalue weighted by atomic mass is 9.96. The van der Waals surface area contributed by atoms with E-state index in [1.165, 1.54) is 0 Å². The van der Waals surface area contributed by atoms with Crippen molar-refractivity contribution in [1.82, 2.24) is 14.9 Å². The smallest absolute Gasteiger partial charge is 0.220 e. The van der Waals surface area contributed by atoms with E-state index in [4.69, 9.17) is 26.3 Å². The molecule has 4 rings (SSSR count). The van der Waals surface area contributed by atoms with E-state index in [2.05, 4.69) is 21.4 Å². The number of nitriles is 2. The van der Waals surface area contributed by atoms with Gasteiger partial charge in [-0.2, -0.15) is 19.9 Å². The predicted octanol–water partition coefficient (Wildman–Crippen LogP) is 2.80. The molecule has 8 nitrogen and oxygen atoms in total. The van der Waals surface area contributed by atoms with Crippen LogP contribution in [-0.4, -0.2) is 47.3 Å². The summed E-state index contributed by atoms with van der Waals surface area (Å²) in [5.41, 5.74) is 2.38. The zero-order valence-electron chi connectivity index (χ0n) is 16.7. The Hall–Kier alpha value is -2.98. The molecule has 10 heteroatoms. The number of hydrogen-bond acceptors (Lipinski definition) is 8. The lowest BCUT2D eigenvalue weighted by Gasteiger charge is -2.30. The molecule has 31 heavy (non-hydrogen) atoms. The maximum absolute atomic E-state index is 14.6. The lowest BCUT2D eigenvalue weighted by Crippen LogP contribution is -2.32. The number of pyridine rings is 2. The molecule has 160 valence electrons. The molecule has 0 aliphatic carbocycles. The van der Waals surface area contributed by atoms with Crippen molar-refractivity contribution in [3.05, 3.63) is 45.5 Å². The fraction of sp³-hybridized carbons (Fsp3) is 0.429. The number of aromatic nitrogens is 2. The molecule has 0 spiro atoms. The third-order valence-electron chi connectivity index (χ3n) is 5.34. The molecule has 1 saturated heterocycles. The monoisotopic (exact) mass is 442 g/mol. The van der Waals surface area contributed by atoms with Crippen LogP contribution in [0.2, 0.25) is 5.15 Å². The first-order chi connectivity index (χ1) is 15.1. The summed E-state index contributed by atoms with van der Waals surface area (Å²) >= 11 is 6.20. The molecule has 2 aliphatic rings. The minimum Gasteiger partial charge on any atom is -0.472 e. The van der Waals surface area contributed by atoms with Crippen LogP contribution in [0.4, 0.5) is 10.2 Å². The highest BCUT2D eigenvalue weighted by atomic mass is 35.5. The second kappa shape index (κ2) is 9.44. The molecule has 0 unspecified atom stereocenters. The van der Waals surface area contributed by atoms with Crippen molar-refractivity contribution in [2.75, 3.05) is 31.6 Å². The summed E-state index contributed by atoms with van der Waals surface area (Å²) in [6.45, 7) is 2.60. The third-order valence-corrected chi connectivity index (χ3v) is 5.62. The van der Waals surface area contributed by atoms with Crippen LogP contribution in [0.5, 0.6) is 5.88 Å². The molecule has 4 heterocycles. The van der Waals surface area contributed by atoms with Gasteiger partial charge in [0, 0.05) is 43.2 Å². The summed E-state index contributed by atoms with van der Waals surface area (Å²) in [5.74, 6) is 0.191. The van der Waals surface area contributed by atoms with E-state index in [1.807, 2.05) is 11.0 Å². The van der Waals surface area contributed by atoms with Gasteiger partial charge in [0.25, 0.3) is 0 Å². The van der Waals surface area contributed by atoms with Gasteiger partial charge in [-0.3, -0.25) is 4.90 Å². The van der Waals surface area contributed by atoms with Crippen LogP contribution in [0, 0.1) is 28.6 Å². The summed E-state index contributed by atoms with van der Waals surface area (Å²) in [4.78, 5) is 10.2. The first kappa shape index (κ1) is 21.3. The van der Waals surface area contributed by atoms with Crippen molar-refractivity contribution in [2.24, 2.45) is 0 Å². The van der Waals surface area contributed by atoms with E-state index in [9.17, 15) is 9.65 Å². The molecule has 1 atom stereocenters. The number of hydrogen-bond donors (Lipinski definition) is 1. The summed E-state index contributed by atoms with van der Waals surface area (Å²) in [6.07, 6.45) is 1.27. The Morgan fingerprint density at radius 2 is 2.19 bits per heavy atom. The molecule has 2 aromatic rings. The van der Waals surface area contributed by atoms with Crippen LogP contribution in [-0.2, 0) is 24.2 Å². The molecule has 1 N–H and O–H groups in total. The van der Waals surface area contributed by atoms with E-state index in [0.29, 0.717) is 56.2 Å².